The van der Waals surface area contributed by atoms with Crippen LogP contribution in [0.25, 0.3) is 10.8 Å². The number of ether oxygens (including phenoxy) is 1. The molecule has 0 aliphatic carbocycles. The molecule has 1 N–H and O–H groups in total. The minimum atomic E-state index is 0.546. The summed E-state index contributed by atoms with van der Waals surface area (Å²) in [4.78, 5) is 0. The Hall–Kier alpha value is -3.34. The van der Waals surface area contributed by atoms with Gasteiger partial charge in [-0.3, -0.25) is 0 Å². The van der Waals surface area contributed by atoms with Gasteiger partial charge < -0.3 is 10.2 Å². The fourth-order valence-electron chi connectivity index (χ4n) is 3.01. The predicted octanol–water partition coefficient (Wildman–Crippen LogP) is 4.06. The molecule has 0 spiro atoms. The van der Waals surface area contributed by atoms with E-state index in [2.05, 4.69) is 58.9 Å². The highest BCUT2D eigenvalue weighted by Gasteiger charge is 2.10. The zero-order valence-electron chi connectivity index (χ0n) is 14.6. The van der Waals surface area contributed by atoms with Gasteiger partial charge in [0.25, 0.3) is 0 Å². The highest BCUT2D eigenvalue weighted by molar-refractivity contribution is 5.87. The molecule has 3 aromatic carbocycles. The van der Waals surface area contributed by atoms with Crippen molar-refractivity contribution in [2.45, 2.75) is 20.1 Å². The summed E-state index contributed by atoms with van der Waals surface area (Å²) in [6.07, 6.45) is 3.28. The first-order chi connectivity index (χ1) is 12.8. The van der Waals surface area contributed by atoms with Gasteiger partial charge in [0.2, 0.25) is 0 Å². The highest BCUT2D eigenvalue weighted by atomic mass is 16.5. The molecule has 0 fully saturated rings. The van der Waals surface area contributed by atoms with E-state index in [4.69, 9.17) is 4.74 Å². The maximum Gasteiger partial charge on any atom is 0.138 e. The van der Waals surface area contributed by atoms with E-state index in [0.29, 0.717) is 13.2 Å². The van der Waals surface area contributed by atoms with Crippen LogP contribution < -0.4 is 10.2 Å². The van der Waals surface area contributed by atoms with Gasteiger partial charge in [0.05, 0.1) is 6.54 Å². The zero-order chi connectivity index (χ0) is 17.8. The lowest BCUT2D eigenvalue weighted by molar-refractivity contribution is 0.303. The lowest BCUT2D eigenvalue weighted by Gasteiger charge is -2.16. The van der Waals surface area contributed by atoms with Gasteiger partial charge in [-0.05, 0) is 34.9 Å². The first-order valence-corrected chi connectivity index (χ1v) is 8.58. The van der Waals surface area contributed by atoms with Gasteiger partial charge in [0.15, 0.2) is 0 Å². The third-order valence-corrected chi connectivity index (χ3v) is 4.50. The summed E-state index contributed by atoms with van der Waals surface area (Å²) in [6.45, 7) is 3.26. The van der Waals surface area contributed by atoms with Gasteiger partial charge in [-0.2, -0.15) is 0 Å². The van der Waals surface area contributed by atoms with Crippen LogP contribution in [0.4, 0.5) is 0 Å². The lowest BCUT2D eigenvalue weighted by Crippen LogP contribution is -2.13. The van der Waals surface area contributed by atoms with Gasteiger partial charge in [0.1, 0.15) is 25.0 Å². The van der Waals surface area contributed by atoms with Crippen molar-refractivity contribution in [2.24, 2.45) is 0 Å². The third-order valence-electron chi connectivity index (χ3n) is 4.50. The molecular formula is C21H20N4O. The Labute approximate surface area is 152 Å². The van der Waals surface area contributed by atoms with Crippen molar-refractivity contribution in [1.82, 2.24) is 14.9 Å². The van der Waals surface area contributed by atoms with Crippen molar-refractivity contribution >= 4 is 10.8 Å². The smallest absolute Gasteiger partial charge is 0.138 e. The van der Waals surface area contributed by atoms with Crippen molar-refractivity contribution in [1.29, 1.82) is 0 Å². The SMILES string of the molecule is Cc1ccccc1COc1ccc2ccccc2c1CNn1cnnc1. The minimum absolute atomic E-state index is 0.546. The number of hydrogen-bond donors (Lipinski definition) is 1. The number of fused-ring (bicyclic) bond motifs is 1. The molecule has 26 heavy (non-hydrogen) atoms. The molecule has 1 heterocycles. The van der Waals surface area contributed by atoms with E-state index in [0.717, 1.165) is 11.3 Å². The van der Waals surface area contributed by atoms with Crippen LogP contribution in [0.3, 0.4) is 0 Å². The average molecular weight is 344 g/mol. The topological polar surface area (TPSA) is 52.0 Å². The molecule has 4 rings (SSSR count). The second-order valence-corrected chi connectivity index (χ2v) is 6.18. The fourth-order valence-corrected chi connectivity index (χ4v) is 3.01. The standard InChI is InChI=1S/C21H20N4O/c1-16-6-2-3-8-18(16)13-26-21-11-10-17-7-4-5-9-19(17)20(21)12-24-25-14-22-23-15-25/h2-11,14-15,24H,12-13H2,1H3. The molecule has 0 amide bonds. The van der Waals surface area contributed by atoms with E-state index in [-0.39, 0.29) is 0 Å². The molecule has 5 heteroatoms. The number of nitrogens with one attached hydrogen (secondary N) is 1. The number of aromatic nitrogens is 3. The quantitative estimate of drug-likeness (QED) is 0.573. The van der Waals surface area contributed by atoms with E-state index in [1.165, 1.54) is 21.9 Å². The Balaban J connectivity index is 1.64. The van der Waals surface area contributed by atoms with Crippen LogP contribution in [-0.2, 0) is 13.2 Å². The summed E-state index contributed by atoms with van der Waals surface area (Å²) >= 11 is 0. The molecule has 0 aliphatic rings. The van der Waals surface area contributed by atoms with E-state index >= 15 is 0 Å². The largest absolute Gasteiger partial charge is 0.489 e. The molecule has 4 aromatic rings. The van der Waals surface area contributed by atoms with Crippen LogP contribution in [0, 0.1) is 6.92 Å². The Bertz CT molecular complexity index is 1010. The lowest BCUT2D eigenvalue weighted by atomic mass is 10.0. The molecule has 0 saturated carbocycles. The number of aryl methyl sites for hydroxylation is 1. The molecule has 0 bridgehead atoms. The van der Waals surface area contributed by atoms with Crippen LogP contribution >= 0.6 is 0 Å². The van der Waals surface area contributed by atoms with Crippen molar-refractivity contribution in [3.63, 3.8) is 0 Å². The Morgan fingerprint density at radius 3 is 2.54 bits per heavy atom. The maximum absolute atomic E-state index is 6.20. The third kappa shape index (κ3) is 3.37. The normalized spacial score (nSPS) is 10.8. The van der Waals surface area contributed by atoms with E-state index in [1.807, 2.05) is 24.3 Å². The number of benzene rings is 3. The van der Waals surface area contributed by atoms with E-state index in [9.17, 15) is 0 Å². The van der Waals surface area contributed by atoms with Crippen LogP contribution in [0.1, 0.15) is 16.7 Å². The zero-order valence-corrected chi connectivity index (χ0v) is 14.6. The molecular weight excluding hydrogens is 324 g/mol. The van der Waals surface area contributed by atoms with Gasteiger partial charge in [0, 0.05) is 5.56 Å². The summed E-state index contributed by atoms with van der Waals surface area (Å²) < 4.78 is 7.94. The molecule has 5 nitrogen and oxygen atoms in total. The second kappa shape index (κ2) is 7.27. The van der Waals surface area contributed by atoms with Crippen LogP contribution in [0.2, 0.25) is 0 Å². The summed E-state index contributed by atoms with van der Waals surface area (Å²) in [5, 5.41) is 10.0. The Morgan fingerprint density at radius 2 is 1.69 bits per heavy atom. The summed E-state index contributed by atoms with van der Waals surface area (Å²) in [6, 6.07) is 20.8. The summed E-state index contributed by atoms with van der Waals surface area (Å²) in [7, 11) is 0. The Kier molecular flexibility index (Phi) is 4.51. The molecule has 0 atom stereocenters. The summed E-state index contributed by atoms with van der Waals surface area (Å²) in [5.41, 5.74) is 6.84. The predicted molar refractivity (Wildman–Crippen MR) is 103 cm³/mol. The first kappa shape index (κ1) is 16.1. The maximum atomic E-state index is 6.20. The summed E-state index contributed by atoms with van der Waals surface area (Å²) in [5.74, 6) is 0.882. The van der Waals surface area contributed by atoms with Crippen molar-refractivity contribution in [2.75, 3.05) is 5.43 Å². The number of hydrogen-bond acceptors (Lipinski definition) is 4. The van der Waals surface area contributed by atoms with Gasteiger partial charge >= 0.3 is 0 Å². The van der Waals surface area contributed by atoms with Gasteiger partial charge in [-0.15, -0.1) is 10.2 Å². The Morgan fingerprint density at radius 1 is 0.923 bits per heavy atom. The van der Waals surface area contributed by atoms with Crippen LogP contribution in [0.5, 0.6) is 5.75 Å². The molecule has 0 aliphatic heterocycles. The fraction of sp³-hybridized carbons (Fsp3) is 0.143. The molecule has 130 valence electrons. The minimum Gasteiger partial charge on any atom is -0.489 e. The van der Waals surface area contributed by atoms with Crippen molar-refractivity contribution < 1.29 is 4.74 Å². The van der Waals surface area contributed by atoms with Crippen LogP contribution in [0.15, 0.2) is 73.3 Å². The van der Waals surface area contributed by atoms with Crippen molar-refractivity contribution in [3.05, 3.63) is 90.0 Å². The van der Waals surface area contributed by atoms with Crippen molar-refractivity contribution in [3.8, 4) is 5.75 Å². The van der Waals surface area contributed by atoms with E-state index < -0.39 is 0 Å². The molecule has 1 aromatic heterocycles. The first-order valence-electron chi connectivity index (χ1n) is 8.58. The van der Waals surface area contributed by atoms with Crippen LogP contribution in [-0.4, -0.2) is 14.9 Å². The molecule has 0 saturated heterocycles. The monoisotopic (exact) mass is 344 g/mol. The van der Waals surface area contributed by atoms with Gasteiger partial charge in [-0.25, -0.2) is 4.68 Å². The number of rotatable bonds is 6. The molecule has 0 unspecified atom stereocenters. The average Bonchev–Trinajstić information content (AvgIpc) is 3.19. The molecule has 0 radical (unpaired) electrons. The second-order valence-electron chi connectivity index (χ2n) is 6.18. The van der Waals surface area contributed by atoms with E-state index in [1.54, 1.807) is 17.3 Å². The highest BCUT2D eigenvalue weighted by Crippen LogP contribution is 2.29. The number of nitrogens with zero attached hydrogens (tertiary/aromatic N) is 3. The van der Waals surface area contributed by atoms with Gasteiger partial charge in [-0.1, -0.05) is 54.6 Å².